The van der Waals surface area contributed by atoms with Gasteiger partial charge in [0.15, 0.2) is 0 Å². The standard InChI is InChI=1S/C65H43NOS/c1-2-14-42(15-3-1)43-27-31-47(32-28-43)66(48-33-29-44(30-34-48)45-16-12-17-46(38-45)62-25-13-37-67-62)49-35-36-60-55(39-49)51-19-5-4-18-50(51)52-20-6-9-23-58(52)65(60)59-24-10-7-21-53(59)56-40-57-54-22-8-11-26-63(54)68-64(57)41-61(56)65/h1-8,10-22,24-41H,9,23H2. The number of hydrogen-bond acceptors (Lipinski definition) is 3. The van der Waals surface area contributed by atoms with Crippen LogP contribution >= 0.6 is 11.3 Å². The van der Waals surface area contributed by atoms with Crippen molar-refractivity contribution in [2.75, 3.05) is 4.90 Å². The predicted molar refractivity (Wildman–Crippen MR) is 285 cm³/mol. The normalized spacial score (nSPS) is 15.5. The molecule has 320 valence electrons. The van der Waals surface area contributed by atoms with Crippen LogP contribution < -0.4 is 4.90 Å². The molecule has 9 aromatic carbocycles. The van der Waals surface area contributed by atoms with Crippen molar-refractivity contribution in [3.8, 4) is 55.8 Å². The highest BCUT2D eigenvalue weighted by molar-refractivity contribution is 7.25. The molecule has 0 fully saturated rings. The summed E-state index contributed by atoms with van der Waals surface area (Å²) in [6, 6.07) is 81.1. The summed E-state index contributed by atoms with van der Waals surface area (Å²) in [5.41, 5.74) is 22.0. The molecule has 14 rings (SSSR count). The third kappa shape index (κ3) is 5.89. The maximum Gasteiger partial charge on any atom is 0.133 e. The molecule has 3 heteroatoms. The van der Waals surface area contributed by atoms with E-state index in [2.05, 4.69) is 223 Å². The Kier molecular flexibility index (Phi) is 8.84. The zero-order chi connectivity index (χ0) is 44.8. The number of benzene rings is 9. The van der Waals surface area contributed by atoms with Crippen LogP contribution in [0.1, 0.15) is 35.1 Å². The van der Waals surface area contributed by atoms with E-state index < -0.39 is 5.41 Å². The molecule has 3 aliphatic rings. The van der Waals surface area contributed by atoms with Gasteiger partial charge in [0.1, 0.15) is 5.76 Å². The van der Waals surface area contributed by atoms with Crippen LogP contribution in [0.2, 0.25) is 0 Å². The van der Waals surface area contributed by atoms with Crippen LogP contribution in [-0.4, -0.2) is 0 Å². The van der Waals surface area contributed by atoms with E-state index in [0.717, 1.165) is 52.4 Å². The fourth-order valence-corrected chi connectivity index (χ4v) is 12.9. The van der Waals surface area contributed by atoms with E-state index in [-0.39, 0.29) is 0 Å². The van der Waals surface area contributed by atoms with Crippen LogP contribution in [0.4, 0.5) is 17.1 Å². The minimum atomic E-state index is -0.503. The summed E-state index contributed by atoms with van der Waals surface area (Å²) in [4.78, 5) is 2.43. The van der Waals surface area contributed by atoms with Crippen molar-refractivity contribution in [1.29, 1.82) is 0 Å². The summed E-state index contributed by atoms with van der Waals surface area (Å²) in [6.07, 6.45) is 8.54. The second-order valence-corrected chi connectivity index (χ2v) is 19.3. The van der Waals surface area contributed by atoms with Gasteiger partial charge in [0, 0.05) is 42.8 Å². The van der Waals surface area contributed by atoms with Gasteiger partial charge in [0.05, 0.1) is 11.7 Å². The molecule has 2 heterocycles. The molecule has 0 radical (unpaired) electrons. The van der Waals surface area contributed by atoms with Crippen LogP contribution in [0, 0.1) is 0 Å². The largest absolute Gasteiger partial charge is 0.464 e. The molecule has 0 saturated heterocycles. The van der Waals surface area contributed by atoms with Gasteiger partial charge in [-0.3, -0.25) is 0 Å². The molecule has 1 spiro atoms. The van der Waals surface area contributed by atoms with Gasteiger partial charge in [0.2, 0.25) is 0 Å². The average molecular weight is 886 g/mol. The van der Waals surface area contributed by atoms with Gasteiger partial charge in [-0.1, -0.05) is 158 Å². The number of rotatable bonds is 6. The average Bonchev–Trinajstić information content (AvgIpc) is 4.14. The number of furan rings is 1. The molecule has 0 amide bonds. The van der Waals surface area contributed by atoms with Crippen molar-refractivity contribution in [1.82, 2.24) is 0 Å². The highest BCUT2D eigenvalue weighted by Crippen LogP contribution is 2.64. The van der Waals surface area contributed by atoms with Gasteiger partial charge < -0.3 is 9.32 Å². The minimum absolute atomic E-state index is 0.503. The summed E-state index contributed by atoms with van der Waals surface area (Å²) in [5, 5.41) is 2.67. The highest BCUT2D eigenvalue weighted by Gasteiger charge is 2.51. The number of anilines is 3. The Bertz CT molecular complexity index is 3840. The van der Waals surface area contributed by atoms with Crippen molar-refractivity contribution in [3.05, 3.63) is 265 Å². The minimum Gasteiger partial charge on any atom is -0.464 e. The lowest BCUT2D eigenvalue weighted by atomic mass is 9.63. The summed E-state index contributed by atoms with van der Waals surface area (Å²) < 4.78 is 8.45. The number of allylic oxidation sites excluding steroid dienone is 4. The zero-order valence-corrected chi connectivity index (χ0v) is 38.0. The van der Waals surface area contributed by atoms with Gasteiger partial charge in [-0.05, 0) is 164 Å². The second-order valence-electron chi connectivity index (χ2n) is 18.2. The summed E-state index contributed by atoms with van der Waals surface area (Å²) in [5.74, 6) is 0.866. The van der Waals surface area contributed by atoms with Gasteiger partial charge >= 0.3 is 0 Å². The molecule has 1 atom stereocenters. The van der Waals surface area contributed by atoms with Crippen molar-refractivity contribution in [2.45, 2.75) is 18.3 Å². The molecule has 0 N–H and O–H groups in total. The Morgan fingerprint density at radius 1 is 0.412 bits per heavy atom. The van der Waals surface area contributed by atoms with Crippen molar-refractivity contribution in [2.24, 2.45) is 0 Å². The molecule has 1 unspecified atom stereocenters. The van der Waals surface area contributed by atoms with Gasteiger partial charge in [-0.15, -0.1) is 11.3 Å². The Morgan fingerprint density at radius 3 is 1.87 bits per heavy atom. The van der Waals surface area contributed by atoms with Crippen molar-refractivity contribution in [3.63, 3.8) is 0 Å². The number of thiophene rings is 1. The molecule has 3 aliphatic carbocycles. The molecule has 0 bridgehead atoms. The van der Waals surface area contributed by atoms with Crippen molar-refractivity contribution < 1.29 is 4.42 Å². The molecule has 0 aliphatic heterocycles. The van der Waals surface area contributed by atoms with E-state index in [1.807, 2.05) is 23.5 Å². The van der Waals surface area contributed by atoms with E-state index in [1.165, 1.54) is 87.0 Å². The SMILES string of the molecule is C1=CC2=C(CC1)C1(c3ccc(N(c4ccc(-c5ccccc5)cc4)c4ccc(-c5cccc(-c6ccco6)c5)cc4)cc3-c3ccccc32)c2ccccc2-c2cc3c(cc21)sc1ccccc13. The smallest absolute Gasteiger partial charge is 0.133 e. The first-order chi connectivity index (χ1) is 33.7. The predicted octanol–water partition coefficient (Wildman–Crippen LogP) is 18.2. The van der Waals surface area contributed by atoms with Crippen molar-refractivity contribution >= 4 is 54.1 Å². The lowest BCUT2D eigenvalue weighted by molar-refractivity contribution is 0.582. The molecular formula is C65H43NOS. The van der Waals surface area contributed by atoms with E-state index >= 15 is 0 Å². The Balaban J connectivity index is 0.998. The van der Waals surface area contributed by atoms with Gasteiger partial charge in [0.25, 0.3) is 0 Å². The maximum atomic E-state index is 5.77. The summed E-state index contributed by atoms with van der Waals surface area (Å²) in [6.45, 7) is 0. The van der Waals surface area contributed by atoms with E-state index in [1.54, 1.807) is 6.26 Å². The third-order valence-electron chi connectivity index (χ3n) is 14.7. The van der Waals surface area contributed by atoms with Crippen LogP contribution in [0.25, 0.3) is 81.6 Å². The topological polar surface area (TPSA) is 16.4 Å². The fraction of sp³-hybridized carbons (Fsp3) is 0.0462. The first-order valence-corrected chi connectivity index (χ1v) is 24.4. The van der Waals surface area contributed by atoms with E-state index in [0.29, 0.717) is 0 Å². The fourth-order valence-electron chi connectivity index (χ4n) is 11.7. The Labute approximate surface area is 400 Å². The van der Waals surface area contributed by atoms with E-state index in [9.17, 15) is 0 Å². The highest BCUT2D eigenvalue weighted by atomic mass is 32.1. The number of fused-ring (bicyclic) bond motifs is 14. The van der Waals surface area contributed by atoms with Crippen LogP contribution in [0.15, 0.2) is 247 Å². The Hall–Kier alpha value is -8.24. The Morgan fingerprint density at radius 2 is 1.06 bits per heavy atom. The molecule has 0 saturated carbocycles. The third-order valence-corrected chi connectivity index (χ3v) is 15.8. The molecule has 2 nitrogen and oxygen atoms in total. The van der Waals surface area contributed by atoms with Gasteiger partial charge in [-0.25, -0.2) is 0 Å². The quantitative estimate of drug-likeness (QED) is 0.165. The lowest BCUT2D eigenvalue weighted by Gasteiger charge is -2.38. The van der Waals surface area contributed by atoms with Crippen LogP contribution in [0.3, 0.4) is 0 Å². The maximum absolute atomic E-state index is 5.77. The van der Waals surface area contributed by atoms with Gasteiger partial charge in [-0.2, -0.15) is 0 Å². The summed E-state index contributed by atoms with van der Waals surface area (Å²) >= 11 is 1.92. The number of hydrogen-bond donors (Lipinski definition) is 0. The first kappa shape index (κ1) is 39.0. The molecule has 68 heavy (non-hydrogen) atoms. The summed E-state index contributed by atoms with van der Waals surface area (Å²) in [7, 11) is 0. The molecule has 11 aromatic rings. The lowest BCUT2D eigenvalue weighted by Crippen LogP contribution is -2.31. The van der Waals surface area contributed by atoms with Crippen LogP contribution in [-0.2, 0) is 5.41 Å². The van der Waals surface area contributed by atoms with E-state index in [4.69, 9.17) is 4.42 Å². The monoisotopic (exact) mass is 885 g/mol. The second kappa shape index (κ2) is 15.4. The first-order valence-electron chi connectivity index (χ1n) is 23.6. The molecular weight excluding hydrogens is 843 g/mol. The molecule has 2 aromatic heterocycles. The number of nitrogens with zero attached hydrogens (tertiary/aromatic N) is 1. The zero-order valence-electron chi connectivity index (χ0n) is 37.2. The van der Waals surface area contributed by atoms with Crippen LogP contribution in [0.5, 0.6) is 0 Å².